The van der Waals surface area contributed by atoms with Crippen molar-refractivity contribution in [2.24, 2.45) is 0 Å². The van der Waals surface area contributed by atoms with E-state index in [1.807, 2.05) is 24.4 Å². The first-order valence-electron chi connectivity index (χ1n) is 8.44. The van der Waals surface area contributed by atoms with Crippen molar-refractivity contribution in [2.75, 3.05) is 19.4 Å². The lowest BCUT2D eigenvalue weighted by molar-refractivity contribution is 0.282. The first-order chi connectivity index (χ1) is 12.7. The van der Waals surface area contributed by atoms with Crippen molar-refractivity contribution >= 4 is 22.5 Å². The molecule has 9 heteroatoms. The highest BCUT2D eigenvalue weighted by molar-refractivity contribution is 5.95. The van der Waals surface area contributed by atoms with Crippen molar-refractivity contribution in [2.45, 2.75) is 19.5 Å². The zero-order chi connectivity index (χ0) is 17.7. The summed E-state index contributed by atoms with van der Waals surface area (Å²) in [5.74, 6) is 1.73. The molecule has 132 valence electrons. The maximum absolute atomic E-state index is 6.09. The second-order valence-electron chi connectivity index (χ2n) is 6.42. The molecule has 5 rings (SSSR count). The maximum Gasteiger partial charge on any atom is 0.223 e. The number of methoxy groups -OCH3 is 1. The second kappa shape index (κ2) is 5.67. The lowest BCUT2D eigenvalue weighted by atomic mass is 10.2. The highest BCUT2D eigenvalue weighted by Crippen LogP contribution is 2.27. The summed E-state index contributed by atoms with van der Waals surface area (Å²) in [6.45, 7) is 2.66. The zero-order valence-corrected chi connectivity index (χ0v) is 14.3. The van der Waals surface area contributed by atoms with Crippen LogP contribution < -0.4 is 10.5 Å². The van der Waals surface area contributed by atoms with Gasteiger partial charge in [-0.3, -0.25) is 10.00 Å². The van der Waals surface area contributed by atoms with Crippen LogP contribution in [0.1, 0.15) is 17.1 Å². The van der Waals surface area contributed by atoms with E-state index in [1.165, 1.54) is 11.3 Å². The maximum atomic E-state index is 6.09. The molecule has 26 heavy (non-hydrogen) atoms. The van der Waals surface area contributed by atoms with Crippen molar-refractivity contribution < 1.29 is 4.74 Å². The topological polar surface area (TPSA) is 110 Å². The fourth-order valence-corrected chi connectivity index (χ4v) is 3.49. The van der Waals surface area contributed by atoms with Crippen LogP contribution in [-0.4, -0.2) is 48.3 Å². The van der Waals surface area contributed by atoms with E-state index >= 15 is 0 Å². The summed E-state index contributed by atoms with van der Waals surface area (Å²) in [6.07, 6.45) is 2.63. The molecule has 4 heterocycles. The monoisotopic (exact) mass is 350 g/mol. The van der Waals surface area contributed by atoms with Crippen LogP contribution in [0.2, 0.25) is 0 Å². The summed E-state index contributed by atoms with van der Waals surface area (Å²) in [6, 6.07) is 5.73. The van der Waals surface area contributed by atoms with Crippen molar-refractivity contribution in [3.05, 3.63) is 41.5 Å². The third-order valence-electron chi connectivity index (χ3n) is 4.79. The Morgan fingerprint density at radius 1 is 1.27 bits per heavy atom. The molecule has 1 aliphatic rings. The predicted octanol–water partition coefficient (Wildman–Crippen LogP) is 1.15. The molecule has 0 bridgehead atoms. The summed E-state index contributed by atoms with van der Waals surface area (Å²) in [4.78, 5) is 11.5. The van der Waals surface area contributed by atoms with E-state index < -0.39 is 0 Å². The molecule has 9 nitrogen and oxygen atoms in total. The first-order valence-corrected chi connectivity index (χ1v) is 8.44. The van der Waals surface area contributed by atoms with E-state index in [0.29, 0.717) is 22.9 Å². The van der Waals surface area contributed by atoms with E-state index in [0.717, 1.165) is 37.3 Å². The molecule has 3 N–H and O–H groups in total. The van der Waals surface area contributed by atoms with Gasteiger partial charge in [0.15, 0.2) is 11.5 Å². The summed E-state index contributed by atoms with van der Waals surface area (Å²) >= 11 is 0. The van der Waals surface area contributed by atoms with Crippen LogP contribution in [0.5, 0.6) is 5.75 Å². The number of nitrogens with zero attached hydrogens (tertiary/aromatic N) is 6. The van der Waals surface area contributed by atoms with Gasteiger partial charge < -0.3 is 10.5 Å². The SMILES string of the molecule is COc1cccc2c1nc(N)n1nc(CCN3Cc4cn[nH]c4C3)nc21. The smallest absolute Gasteiger partial charge is 0.223 e. The quantitative estimate of drug-likeness (QED) is 0.568. The summed E-state index contributed by atoms with van der Waals surface area (Å²) in [7, 11) is 1.62. The Kier molecular flexibility index (Phi) is 3.29. The number of anilines is 1. The Morgan fingerprint density at radius 3 is 3.04 bits per heavy atom. The fraction of sp³-hybridized carbons (Fsp3) is 0.294. The van der Waals surface area contributed by atoms with E-state index in [9.17, 15) is 0 Å². The fourth-order valence-electron chi connectivity index (χ4n) is 3.49. The van der Waals surface area contributed by atoms with E-state index in [-0.39, 0.29) is 0 Å². The zero-order valence-electron chi connectivity index (χ0n) is 14.3. The molecule has 1 aromatic carbocycles. The minimum atomic E-state index is 0.304. The number of rotatable bonds is 4. The molecule has 0 radical (unpaired) electrons. The van der Waals surface area contributed by atoms with Gasteiger partial charge in [-0.25, -0.2) is 9.97 Å². The molecule has 1 aliphatic heterocycles. The van der Waals surface area contributed by atoms with Crippen LogP contribution in [0.4, 0.5) is 5.95 Å². The molecular weight excluding hydrogens is 332 g/mol. The van der Waals surface area contributed by atoms with Crippen molar-refractivity contribution in [3.8, 4) is 5.75 Å². The Morgan fingerprint density at radius 2 is 2.19 bits per heavy atom. The van der Waals surface area contributed by atoms with Gasteiger partial charge in [0.25, 0.3) is 0 Å². The number of hydrogen-bond acceptors (Lipinski definition) is 7. The van der Waals surface area contributed by atoms with Crippen molar-refractivity contribution in [1.82, 2.24) is 34.7 Å². The Bertz CT molecular complexity index is 1090. The molecule has 3 aromatic heterocycles. The number of hydrogen-bond donors (Lipinski definition) is 2. The van der Waals surface area contributed by atoms with Gasteiger partial charge in [0.1, 0.15) is 11.3 Å². The second-order valence-corrected chi connectivity index (χ2v) is 6.42. The third-order valence-corrected chi connectivity index (χ3v) is 4.79. The van der Waals surface area contributed by atoms with Gasteiger partial charge in [-0.15, -0.1) is 5.10 Å². The van der Waals surface area contributed by atoms with Gasteiger partial charge in [0, 0.05) is 37.0 Å². The van der Waals surface area contributed by atoms with E-state index in [1.54, 1.807) is 11.6 Å². The molecule has 0 aliphatic carbocycles. The van der Waals surface area contributed by atoms with Crippen molar-refractivity contribution in [1.29, 1.82) is 0 Å². The van der Waals surface area contributed by atoms with Gasteiger partial charge in [-0.05, 0) is 12.1 Å². The number of benzene rings is 1. The Balaban J connectivity index is 1.45. The lowest BCUT2D eigenvalue weighted by Crippen LogP contribution is -2.20. The number of ether oxygens (including phenoxy) is 1. The van der Waals surface area contributed by atoms with Crippen LogP contribution in [0, 0.1) is 0 Å². The number of aromatic amines is 1. The van der Waals surface area contributed by atoms with Gasteiger partial charge in [-0.1, -0.05) is 6.07 Å². The third kappa shape index (κ3) is 2.28. The summed E-state index contributed by atoms with van der Waals surface area (Å²) in [5, 5.41) is 12.5. The average molecular weight is 350 g/mol. The molecule has 0 spiro atoms. The number of para-hydroxylation sites is 1. The largest absolute Gasteiger partial charge is 0.494 e. The van der Waals surface area contributed by atoms with E-state index in [2.05, 4.69) is 25.2 Å². The molecular formula is C17H18N8O. The number of nitrogen functional groups attached to an aromatic ring is 1. The minimum absolute atomic E-state index is 0.304. The highest BCUT2D eigenvalue weighted by atomic mass is 16.5. The molecule has 0 saturated carbocycles. The number of nitrogens with two attached hydrogens (primary N) is 1. The lowest BCUT2D eigenvalue weighted by Gasteiger charge is -2.12. The molecule has 0 fully saturated rings. The Labute approximate surface area is 148 Å². The van der Waals surface area contributed by atoms with Gasteiger partial charge in [0.05, 0.1) is 19.0 Å². The molecule has 0 amide bonds. The molecule has 0 unspecified atom stereocenters. The average Bonchev–Trinajstić information content (AvgIpc) is 3.34. The normalized spacial score (nSPS) is 14.3. The van der Waals surface area contributed by atoms with Gasteiger partial charge >= 0.3 is 0 Å². The first kappa shape index (κ1) is 15.1. The number of aromatic nitrogens is 6. The molecule has 4 aromatic rings. The number of fused-ring (bicyclic) bond motifs is 4. The van der Waals surface area contributed by atoms with Gasteiger partial charge in [0.2, 0.25) is 5.95 Å². The van der Waals surface area contributed by atoms with E-state index in [4.69, 9.17) is 15.5 Å². The predicted molar refractivity (Wildman–Crippen MR) is 95.7 cm³/mol. The Hall–Kier alpha value is -3.20. The standard InChI is InChI=1S/C17H18N8O/c1-26-13-4-2-3-11-15(13)21-17(18)25-16(11)20-14(23-25)5-6-24-8-10-7-19-22-12(10)9-24/h2-4,7H,5-6,8-9H2,1H3,(H2,18,21)(H,19,22). The molecule has 0 saturated heterocycles. The molecule has 0 atom stereocenters. The van der Waals surface area contributed by atoms with Crippen molar-refractivity contribution in [3.63, 3.8) is 0 Å². The van der Waals surface area contributed by atoms with Crippen LogP contribution in [0.3, 0.4) is 0 Å². The van der Waals surface area contributed by atoms with Crippen LogP contribution >= 0.6 is 0 Å². The highest BCUT2D eigenvalue weighted by Gasteiger charge is 2.21. The van der Waals surface area contributed by atoms with Gasteiger partial charge in [-0.2, -0.15) is 9.61 Å². The van der Waals surface area contributed by atoms with Crippen LogP contribution in [-0.2, 0) is 19.5 Å². The summed E-state index contributed by atoms with van der Waals surface area (Å²) in [5.41, 5.74) is 9.96. The number of H-pyrrole nitrogens is 1. The minimum Gasteiger partial charge on any atom is -0.494 e. The summed E-state index contributed by atoms with van der Waals surface area (Å²) < 4.78 is 6.99. The number of nitrogens with one attached hydrogen (secondary N) is 1. The van der Waals surface area contributed by atoms with Crippen LogP contribution in [0.15, 0.2) is 24.4 Å². The van der Waals surface area contributed by atoms with Crippen LogP contribution in [0.25, 0.3) is 16.6 Å².